The van der Waals surface area contributed by atoms with Crippen molar-refractivity contribution >= 4 is 15.7 Å². The predicted molar refractivity (Wildman–Crippen MR) is 82.3 cm³/mol. The van der Waals surface area contributed by atoms with Crippen LogP contribution in [-0.4, -0.2) is 26.8 Å². The molecule has 114 valence electrons. The molecule has 1 aromatic rings. The van der Waals surface area contributed by atoms with E-state index in [-0.39, 0.29) is 18.4 Å². The molecule has 0 spiro atoms. The minimum Gasteiger partial charge on any atom is -0.490 e. The van der Waals surface area contributed by atoms with Crippen molar-refractivity contribution in [2.45, 2.75) is 39.2 Å². The van der Waals surface area contributed by atoms with Crippen LogP contribution in [0.2, 0.25) is 0 Å². The van der Waals surface area contributed by atoms with E-state index in [4.69, 9.17) is 10.5 Å². The standard InChI is InChI=1S/C14H24N2O3S/c1-3-4-7-12(2)16-20(17,18)11-10-19-14-9-6-5-8-13(14)15/h5-6,8-9,12,16H,3-4,7,10-11,15H2,1-2H3. The Morgan fingerprint density at radius 1 is 1.35 bits per heavy atom. The van der Waals surface area contributed by atoms with Crippen LogP contribution in [0, 0.1) is 0 Å². The second-order valence-electron chi connectivity index (χ2n) is 4.87. The van der Waals surface area contributed by atoms with Gasteiger partial charge in [-0.15, -0.1) is 0 Å². The van der Waals surface area contributed by atoms with Crippen molar-refractivity contribution in [1.29, 1.82) is 0 Å². The van der Waals surface area contributed by atoms with Crippen LogP contribution in [0.25, 0.3) is 0 Å². The molecule has 0 radical (unpaired) electrons. The van der Waals surface area contributed by atoms with Gasteiger partial charge in [-0.3, -0.25) is 0 Å². The summed E-state index contributed by atoms with van der Waals surface area (Å²) in [7, 11) is -3.31. The van der Waals surface area contributed by atoms with Crippen LogP contribution in [0.1, 0.15) is 33.1 Å². The topological polar surface area (TPSA) is 81.4 Å². The number of nitrogens with two attached hydrogens (primary N) is 1. The average Bonchev–Trinajstić information content (AvgIpc) is 2.38. The monoisotopic (exact) mass is 300 g/mol. The summed E-state index contributed by atoms with van der Waals surface area (Å²) in [4.78, 5) is 0. The molecule has 0 bridgehead atoms. The molecule has 0 fully saturated rings. The Morgan fingerprint density at radius 2 is 2.05 bits per heavy atom. The minimum atomic E-state index is -3.31. The Kier molecular flexibility index (Phi) is 6.81. The van der Waals surface area contributed by atoms with Crippen molar-refractivity contribution in [3.63, 3.8) is 0 Å². The van der Waals surface area contributed by atoms with E-state index >= 15 is 0 Å². The van der Waals surface area contributed by atoms with Gasteiger partial charge in [0.05, 0.1) is 11.4 Å². The Balaban J connectivity index is 2.38. The Morgan fingerprint density at radius 3 is 2.70 bits per heavy atom. The van der Waals surface area contributed by atoms with Gasteiger partial charge in [-0.25, -0.2) is 13.1 Å². The van der Waals surface area contributed by atoms with Crippen LogP contribution in [-0.2, 0) is 10.0 Å². The molecule has 0 heterocycles. The fraction of sp³-hybridized carbons (Fsp3) is 0.571. The maximum Gasteiger partial charge on any atom is 0.215 e. The van der Waals surface area contributed by atoms with E-state index in [9.17, 15) is 8.42 Å². The molecule has 0 saturated carbocycles. The summed E-state index contributed by atoms with van der Waals surface area (Å²) in [6, 6.07) is 7.00. The smallest absolute Gasteiger partial charge is 0.215 e. The number of ether oxygens (including phenoxy) is 1. The second-order valence-corrected chi connectivity index (χ2v) is 6.74. The molecule has 0 aliphatic heterocycles. The molecule has 1 rings (SSSR count). The molecule has 1 aromatic carbocycles. The molecule has 0 aliphatic rings. The molecule has 3 N–H and O–H groups in total. The summed E-state index contributed by atoms with van der Waals surface area (Å²) in [5.74, 6) is 0.444. The Labute approximate surface area is 121 Å². The summed E-state index contributed by atoms with van der Waals surface area (Å²) in [5.41, 5.74) is 6.22. The summed E-state index contributed by atoms with van der Waals surface area (Å²) in [5, 5.41) is 0. The number of para-hydroxylation sites is 2. The van der Waals surface area contributed by atoms with E-state index in [2.05, 4.69) is 11.6 Å². The lowest BCUT2D eigenvalue weighted by atomic mass is 10.2. The van der Waals surface area contributed by atoms with Gasteiger partial charge in [0, 0.05) is 6.04 Å². The molecular weight excluding hydrogens is 276 g/mol. The summed E-state index contributed by atoms with van der Waals surface area (Å²) < 4.78 is 31.8. The fourth-order valence-corrected chi connectivity index (χ4v) is 2.96. The van der Waals surface area contributed by atoms with Crippen LogP contribution in [0.3, 0.4) is 0 Å². The molecule has 0 saturated heterocycles. The number of hydrogen-bond acceptors (Lipinski definition) is 4. The zero-order chi connectivity index (χ0) is 15.0. The number of nitrogens with one attached hydrogen (secondary N) is 1. The molecule has 6 heteroatoms. The first-order valence-electron chi connectivity index (χ1n) is 6.92. The maximum atomic E-state index is 11.9. The zero-order valence-corrected chi connectivity index (χ0v) is 12.9. The first-order chi connectivity index (χ1) is 9.44. The van der Waals surface area contributed by atoms with Crippen LogP contribution in [0.4, 0.5) is 5.69 Å². The maximum absolute atomic E-state index is 11.9. The van der Waals surface area contributed by atoms with Gasteiger partial charge in [-0.2, -0.15) is 0 Å². The quantitative estimate of drug-likeness (QED) is 0.685. The molecule has 20 heavy (non-hydrogen) atoms. The number of benzene rings is 1. The van der Waals surface area contributed by atoms with Gasteiger partial charge in [0.25, 0.3) is 0 Å². The highest BCUT2D eigenvalue weighted by Gasteiger charge is 2.14. The highest BCUT2D eigenvalue weighted by atomic mass is 32.2. The number of hydrogen-bond donors (Lipinski definition) is 2. The van der Waals surface area contributed by atoms with E-state index in [1.165, 1.54) is 0 Å². The van der Waals surface area contributed by atoms with Gasteiger partial charge >= 0.3 is 0 Å². The number of rotatable bonds is 9. The number of sulfonamides is 1. The van der Waals surface area contributed by atoms with Crippen molar-refractivity contribution in [3.8, 4) is 5.75 Å². The minimum absolute atomic E-state index is 0.0401. The second kappa shape index (κ2) is 8.11. The van der Waals surface area contributed by atoms with Gasteiger partial charge in [0.15, 0.2) is 0 Å². The molecule has 5 nitrogen and oxygen atoms in total. The van der Waals surface area contributed by atoms with Crippen LogP contribution in [0.5, 0.6) is 5.75 Å². The van der Waals surface area contributed by atoms with Crippen molar-refractivity contribution in [3.05, 3.63) is 24.3 Å². The first-order valence-corrected chi connectivity index (χ1v) is 8.57. The predicted octanol–water partition coefficient (Wildman–Crippen LogP) is 2.15. The Hall–Kier alpha value is -1.27. The summed E-state index contributed by atoms with van der Waals surface area (Å²) in [6.07, 6.45) is 2.92. The Bertz CT molecular complexity index is 503. The fourth-order valence-electron chi connectivity index (χ4n) is 1.81. The largest absolute Gasteiger partial charge is 0.490 e. The van der Waals surface area contributed by atoms with Gasteiger partial charge in [0.1, 0.15) is 12.4 Å². The van der Waals surface area contributed by atoms with Gasteiger partial charge in [-0.05, 0) is 25.5 Å². The molecule has 0 amide bonds. The lowest BCUT2D eigenvalue weighted by Gasteiger charge is -2.14. The third kappa shape index (κ3) is 6.25. The van der Waals surface area contributed by atoms with Crippen LogP contribution in [0.15, 0.2) is 24.3 Å². The first kappa shape index (κ1) is 16.8. The van der Waals surface area contributed by atoms with E-state index in [1.54, 1.807) is 24.3 Å². The van der Waals surface area contributed by atoms with E-state index < -0.39 is 10.0 Å². The molecular formula is C14H24N2O3S. The van der Waals surface area contributed by atoms with E-state index in [0.29, 0.717) is 11.4 Å². The number of unbranched alkanes of at least 4 members (excludes halogenated alkanes) is 1. The van der Waals surface area contributed by atoms with Crippen LogP contribution < -0.4 is 15.2 Å². The summed E-state index contributed by atoms with van der Waals surface area (Å²) >= 11 is 0. The highest BCUT2D eigenvalue weighted by Crippen LogP contribution is 2.19. The van der Waals surface area contributed by atoms with Gasteiger partial charge < -0.3 is 10.5 Å². The number of nitrogen functional groups attached to an aromatic ring is 1. The van der Waals surface area contributed by atoms with E-state index in [1.807, 2.05) is 6.92 Å². The average molecular weight is 300 g/mol. The van der Waals surface area contributed by atoms with Crippen molar-refractivity contribution < 1.29 is 13.2 Å². The number of anilines is 1. The van der Waals surface area contributed by atoms with Crippen molar-refractivity contribution in [1.82, 2.24) is 4.72 Å². The molecule has 1 atom stereocenters. The van der Waals surface area contributed by atoms with Gasteiger partial charge in [0.2, 0.25) is 10.0 Å². The molecule has 0 aromatic heterocycles. The molecule has 1 unspecified atom stereocenters. The van der Waals surface area contributed by atoms with E-state index in [0.717, 1.165) is 19.3 Å². The van der Waals surface area contributed by atoms with Crippen molar-refractivity contribution in [2.24, 2.45) is 0 Å². The normalized spacial score (nSPS) is 13.1. The summed E-state index contributed by atoms with van der Waals surface area (Å²) in [6.45, 7) is 4.05. The lowest BCUT2D eigenvalue weighted by Crippen LogP contribution is -2.35. The SMILES string of the molecule is CCCCC(C)NS(=O)(=O)CCOc1ccccc1N. The van der Waals surface area contributed by atoms with Crippen molar-refractivity contribution in [2.75, 3.05) is 18.1 Å². The lowest BCUT2D eigenvalue weighted by molar-refractivity contribution is 0.341. The zero-order valence-electron chi connectivity index (χ0n) is 12.1. The third-order valence-electron chi connectivity index (χ3n) is 2.90. The van der Waals surface area contributed by atoms with Crippen LogP contribution >= 0.6 is 0 Å². The molecule has 0 aliphatic carbocycles. The van der Waals surface area contributed by atoms with Gasteiger partial charge in [-0.1, -0.05) is 31.9 Å². The third-order valence-corrected chi connectivity index (χ3v) is 4.37. The highest BCUT2D eigenvalue weighted by molar-refractivity contribution is 7.89.